The van der Waals surface area contributed by atoms with Crippen molar-refractivity contribution in [1.82, 2.24) is 4.72 Å². The van der Waals surface area contributed by atoms with Gasteiger partial charge in [0.2, 0.25) is 10.0 Å². The van der Waals surface area contributed by atoms with Gasteiger partial charge in [-0.2, -0.15) is 0 Å². The SMILES string of the molecule is C/C=C/C(C)(C)[C@H](CNS(C)(=O)=O)c1ccccc1. The molecule has 19 heavy (non-hydrogen) atoms. The van der Waals surface area contributed by atoms with Gasteiger partial charge in [-0.3, -0.25) is 0 Å². The van der Waals surface area contributed by atoms with E-state index in [2.05, 4.69) is 24.6 Å². The molecule has 0 saturated carbocycles. The minimum atomic E-state index is -3.18. The normalized spacial score (nSPS) is 14.7. The largest absolute Gasteiger partial charge is 0.215 e. The van der Waals surface area contributed by atoms with E-state index in [1.807, 2.05) is 43.3 Å². The van der Waals surface area contributed by atoms with Gasteiger partial charge in [-0.05, 0) is 17.9 Å². The summed E-state index contributed by atoms with van der Waals surface area (Å²) in [5.41, 5.74) is 1.02. The molecule has 0 saturated heterocycles. The van der Waals surface area contributed by atoms with Crippen molar-refractivity contribution in [2.45, 2.75) is 26.7 Å². The van der Waals surface area contributed by atoms with Gasteiger partial charge in [-0.25, -0.2) is 13.1 Å². The highest BCUT2D eigenvalue weighted by molar-refractivity contribution is 7.88. The van der Waals surface area contributed by atoms with E-state index in [9.17, 15) is 8.42 Å². The van der Waals surface area contributed by atoms with E-state index in [-0.39, 0.29) is 11.3 Å². The average molecular weight is 281 g/mol. The summed E-state index contributed by atoms with van der Waals surface area (Å²) in [5, 5.41) is 0. The molecule has 3 nitrogen and oxygen atoms in total. The van der Waals surface area contributed by atoms with Crippen LogP contribution in [0.4, 0.5) is 0 Å². The van der Waals surface area contributed by atoms with Gasteiger partial charge in [0, 0.05) is 12.5 Å². The Hall–Kier alpha value is -1.13. The molecule has 0 fully saturated rings. The van der Waals surface area contributed by atoms with Crippen molar-refractivity contribution < 1.29 is 8.42 Å². The predicted octanol–water partition coefficient (Wildman–Crippen LogP) is 2.92. The Morgan fingerprint density at radius 3 is 2.32 bits per heavy atom. The van der Waals surface area contributed by atoms with Crippen LogP contribution in [-0.4, -0.2) is 21.2 Å². The zero-order valence-electron chi connectivity index (χ0n) is 12.1. The third-order valence-corrected chi connectivity index (χ3v) is 3.94. The lowest BCUT2D eigenvalue weighted by atomic mass is 9.75. The summed E-state index contributed by atoms with van der Waals surface area (Å²) < 4.78 is 25.3. The molecule has 0 aliphatic carbocycles. The van der Waals surface area contributed by atoms with Gasteiger partial charge in [0.25, 0.3) is 0 Å². The van der Waals surface area contributed by atoms with Crippen molar-refractivity contribution in [1.29, 1.82) is 0 Å². The molecule has 4 heteroatoms. The van der Waals surface area contributed by atoms with Crippen LogP contribution in [0.5, 0.6) is 0 Å². The highest BCUT2D eigenvalue weighted by Gasteiger charge is 2.28. The maximum absolute atomic E-state index is 11.3. The van der Waals surface area contributed by atoms with Crippen LogP contribution in [0.1, 0.15) is 32.3 Å². The van der Waals surface area contributed by atoms with Gasteiger partial charge in [0.15, 0.2) is 0 Å². The minimum Gasteiger partial charge on any atom is -0.215 e. The first-order valence-electron chi connectivity index (χ1n) is 6.39. The van der Waals surface area contributed by atoms with Gasteiger partial charge < -0.3 is 0 Å². The fourth-order valence-corrected chi connectivity index (χ4v) is 2.75. The van der Waals surface area contributed by atoms with Crippen molar-refractivity contribution in [3.63, 3.8) is 0 Å². The molecule has 1 aromatic carbocycles. The topological polar surface area (TPSA) is 46.2 Å². The summed E-state index contributed by atoms with van der Waals surface area (Å²) >= 11 is 0. The first-order chi connectivity index (χ1) is 8.76. The van der Waals surface area contributed by atoms with E-state index < -0.39 is 10.0 Å². The number of rotatable bonds is 6. The Labute approximate surface area is 116 Å². The summed E-state index contributed by atoms with van der Waals surface area (Å²) in [6, 6.07) is 10.0. The molecule has 0 amide bonds. The minimum absolute atomic E-state index is 0.0969. The summed E-state index contributed by atoms with van der Waals surface area (Å²) in [6.45, 7) is 6.62. The van der Waals surface area contributed by atoms with Crippen LogP contribution in [0, 0.1) is 5.41 Å². The summed E-state index contributed by atoms with van der Waals surface area (Å²) in [4.78, 5) is 0. The van der Waals surface area contributed by atoms with Gasteiger partial charge in [0.1, 0.15) is 0 Å². The number of hydrogen-bond acceptors (Lipinski definition) is 2. The third-order valence-electron chi connectivity index (χ3n) is 3.25. The van der Waals surface area contributed by atoms with Gasteiger partial charge in [-0.1, -0.05) is 56.3 Å². The van der Waals surface area contributed by atoms with Crippen LogP contribution in [0.3, 0.4) is 0 Å². The first-order valence-corrected chi connectivity index (χ1v) is 8.29. The van der Waals surface area contributed by atoms with E-state index in [0.717, 1.165) is 5.56 Å². The third kappa shape index (κ3) is 5.17. The van der Waals surface area contributed by atoms with Crippen molar-refractivity contribution in [3.05, 3.63) is 48.0 Å². The van der Waals surface area contributed by atoms with Gasteiger partial charge >= 0.3 is 0 Å². The molecule has 1 rings (SSSR count). The average Bonchev–Trinajstić information content (AvgIpc) is 2.28. The Kier molecular flexibility index (Phi) is 5.32. The molecule has 1 aromatic rings. The van der Waals surface area contributed by atoms with Crippen molar-refractivity contribution in [2.24, 2.45) is 5.41 Å². The van der Waals surface area contributed by atoms with Crippen molar-refractivity contribution >= 4 is 10.0 Å². The molecule has 0 radical (unpaired) electrons. The van der Waals surface area contributed by atoms with Gasteiger partial charge in [-0.15, -0.1) is 0 Å². The Balaban J connectivity index is 3.05. The van der Waals surface area contributed by atoms with Crippen LogP contribution in [0.25, 0.3) is 0 Å². The molecular weight excluding hydrogens is 258 g/mol. The molecule has 0 aliphatic rings. The standard InChI is InChI=1S/C15H23NO2S/c1-5-11-15(2,3)14(12-16-19(4,17)18)13-9-7-6-8-10-13/h5-11,14,16H,12H2,1-4H3/b11-5+/t14-/m1/s1. The van der Waals surface area contributed by atoms with Crippen molar-refractivity contribution in [3.8, 4) is 0 Å². The maximum Gasteiger partial charge on any atom is 0.208 e. The second-order valence-electron chi connectivity index (χ2n) is 5.41. The number of hydrogen-bond donors (Lipinski definition) is 1. The maximum atomic E-state index is 11.3. The predicted molar refractivity (Wildman–Crippen MR) is 80.6 cm³/mol. The molecule has 0 aliphatic heterocycles. The van der Waals surface area contributed by atoms with Crippen molar-refractivity contribution in [2.75, 3.05) is 12.8 Å². The molecule has 1 N–H and O–H groups in total. The monoisotopic (exact) mass is 281 g/mol. The van der Waals surface area contributed by atoms with Crippen LogP contribution in [0.15, 0.2) is 42.5 Å². The van der Waals surface area contributed by atoms with Crippen LogP contribution in [-0.2, 0) is 10.0 Å². The van der Waals surface area contributed by atoms with Gasteiger partial charge in [0.05, 0.1) is 6.26 Å². The fraction of sp³-hybridized carbons (Fsp3) is 0.467. The Morgan fingerprint density at radius 2 is 1.84 bits per heavy atom. The van der Waals surface area contributed by atoms with Crippen LogP contribution >= 0.6 is 0 Å². The smallest absolute Gasteiger partial charge is 0.208 e. The van der Waals surface area contributed by atoms with E-state index in [1.54, 1.807) is 0 Å². The van der Waals surface area contributed by atoms with E-state index in [4.69, 9.17) is 0 Å². The highest BCUT2D eigenvalue weighted by Crippen LogP contribution is 2.36. The molecule has 106 valence electrons. The van der Waals surface area contributed by atoms with E-state index in [0.29, 0.717) is 6.54 Å². The Morgan fingerprint density at radius 1 is 1.26 bits per heavy atom. The highest BCUT2D eigenvalue weighted by atomic mass is 32.2. The molecule has 0 bridgehead atoms. The molecular formula is C15H23NO2S. The second-order valence-corrected chi connectivity index (χ2v) is 7.24. The first kappa shape index (κ1) is 15.9. The quantitative estimate of drug-likeness (QED) is 0.815. The van der Waals surface area contributed by atoms with Crippen LogP contribution < -0.4 is 4.72 Å². The molecule has 0 spiro atoms. The summed E-state index contributed by atoms with van der Waals surface area (Å²) in [7, 11) is -3.18. The Bertz CT molecular complexity index is 518. The lowest BCUT2D eigenvalue weighted by molar-refractivity contribution is 0.369. The van der Waals surface area contributed by atoms with E-state index in [1.165, 1.54) is 6.26 Å². The number of sulfonamides is 1. The fourth-order valence-electron chi connectivity index (χ4n) is 2.28. The second kappa shape index (κ2) is 6.35. The molecule has 0 heterocycles. The zero-order valence-corrected chi connectivity index (χ0v) is 12.9. The molecule has 0 aromatic heterocycles. The lowest BCUT2D eigenvalue weighted by Gasteiger charge is -2.32. The molecule has 1 atom stereocenters. The molecule has 0 unspecified atom stereocenters. The number of benzene rings is 1. The zero-order chi connectivity index (χ0) is 14.5. The summed E-state index contributed by atoms with van der Waals surface area (Å²) in [5.74, 6) is 0.0969. The lowest BCUT2D eigenvalue weighted by Crippen LogP contribution is -2.33. The summed E-state index contributed by atoms with van der Waals surface area (Å²) in [6.07, 6.45) is 5.32. The van der Waals surface area contributed by atoms with E-state index >= 15 is 0 Å². The number of nitrogens with one attached hydrogen (secondary N) is 1. The van der Waals surface area contributed by atoms with Crippen LogP contribution in [0.2, 0.25) is 0 Å². The number of allylic oxidation sites excluding steroid dienone is 2.